The highest BCUT2D eigenvalue weighted by Crippen LogP contribution is 2.21. The molecule has 0 aromatic heterocycles. The molecule has 0 heterocycles. The van der Waals surface area contributed by atoms with E-state index in [4.69, 9.17) is 16.9 Å². The quantitative estimate of drug-likeness (QED) is 0.412. The van der Waals surface area contributed by atoms with Crippen molar-refractivity contribution < 1.29 is 14.4 Å². The van der Waals surface area contributed by atoms with Crippen LogP contribution in [0.4, 0.5) is 5.69 Å². The first-order valence-electron chi connectivity index (χ1n) is 9.13. The summed E-state index contributed by atoms with van der Waals surface area (Å²) >= 11 is 0. The van der Waals surface area contributed by atoms with Crippen LogP contribution in [0.2, 0.25) is 0 Å². The summed E-state index contributed by atoms with van der Waals surface area (Å²) in [5, 5.41) is 10.2. The molecule has 8 nitrogen and oxygen atoms in total. The minimum Gasteiger partial charge on any atom is -0.384 e. The van der Waals surface area contributed by atoms with Crippen molar-refractivity contribution >= 4 is 29.2 Å². The molecular weight excluding hydrogens is 370 g/mol. The fraction of sp³-hybridized carbons (Fsp3) is 0.238. The normalized spacial score (nSPS) is 11.6. The predicted octanol–water partition coefficient (Wildman–Crippen LogP) is 1.24. The fourth-order valence-electron chi connectivity index (χ4n) is 2.76. The largest absolute Gasteiger partial charge is 0.384 e. The molecule has 8 heteroatoms. The van der Waals surface area contributed by atoms with Crippen molar-refractivity contribution in [2.75, 3.05) is 11.4 Å². The van der Waals surface area contributed by atoms with Gasteiger partial charge in [-0.25, -0.2) is 4.90 Å². The van der Waals surface area contributed by atoms with E-state index in [1.807, 2.05) is 0 Å². The van der Waals surface area contributed by atoms with Gasteiger partial charge in [0.05, 0.1) is 12.2 Å². The SMILES string of the molecule is CC(C)[C@H](NC(=O)CN)C(=O)N(C(=O)c1cccc(C(=N)N)c1)c1ccccc1. The first kappa shape index (κ1) is 21.8. The topological polar surface area (TPSA) is 142 Å². The van der Waals surface area contributed by atoms with Crippen LogP contribution in [0.25, 0.3) is 0 Å². The fourth-order valence-corrected chi connectivity index (χ4v) is 2.76. The van der Waals surface area contributed by atoms with E-state index in [2.05, 4.69) is 5.32 Å². The summed E-state index contributed by atoms with van der Waals surface area (Å²) in [6, 6.07) is 13.7. The maximum Gasteiger partial charge on any atom is 0.265 e. The van der Waals surface area contributed by atoms with Crippen LogP contribution in [0, 0.1) is 11.3 Å². The number of amides is 3. The second-order valence-electron chi connectivity index (χ2n) is 6.80. The Morgan fingerprint density at radius 2 is 1.66 bits per heavy atom. The molecule has 152 valence electrons. The summed E-state index contributed by atoms with van der Waals surface area (Å²) in [6.07, 6.45) is 0. The van der Waals surface area contributed by atoms with Crippen LogP contribution >= 0.6 is 0 Å². The molecule has 2 aromatic carbocycles. The van der Waals surface area contributed by atoms with Crippen LogP contribution in [0.5, 0.6) is 0 Å². The van der Waals surface area contributed by atoms with E-state index in [1.54, 1.807) is 62.4 Å². The number of carbonyl (C=O) groups excluding carboxylic acids is 3. The zero-order valence-electron chi connectivity index (χ0n) is 16.4. The van der Waals surface area contributed by atoms with Gasteiger partial charge in [-0.15, -0.1) is 0 Å². The third-order valence-corrected chi connectivity index (χ3v) is 4.29. The number of benzene rings is 2. The van der Waals surface area contributed by atoms with Crippen LogP contribution in [0.1, 0.15) is 29.8 Å². The molecule has 0 aliphatic carbocycles. The monoisotopic (exact) mass is 395 g/mol. The molecule has 0 aliphatic heterocycles. The Kier molecular flexibility index (Phi) is 7.21. The van der Waals surface area contributed by atoms with Crippen LogP contribution in [0.15, 0.2) is 54.6 Å². The number of rotatable bonds is 7. The Bertz CT molecular complexity index is 912. The second kappa shape index (κ2) is 9.61. The van der Waals surface area contributed by atoms with E-state index in [1.165, 1.54) is 6.07 Å². The molecule has 29 heavy (non-hydrogen) atoms. The average molecular weight is 395 g/mol. The average Bonchev–Trinajstić information content (AvgIpc) is 2.72. The molecule has 2 rings (SSSR count). The molecule has 3 amide bonds. The second-order valence-corrected chi connectivity index (χ2v) is 6.80. The summed E-state index contributed by atoms with van der Waals surface area (Å²) in [4.78, 5) is 39.5. The number of carbonyl (C=O) groups is 3. The van der Waals surface area contributed by atoms with Crippen LogP contribution in [-0.4, -0.2) is 36.1 Å². The molecule has 0 fully saturated rings. The molecule has 6 N–H and O–H groups in total. The Morgan fingerprint density at radius 3 is 2.21 bits per heavy atom. The zero-order valence-corrected chi connectivity index (χ0v) is 16.4. The van der Waals surface area contributed by atoms with Crippen molar-refractivity contribution in [3.05, 3.63) is 65.7 Å². The smallest absolute Gasteiger partial charge is 0.265 e. The lowest BCUT2D eigenvalue weighted by Gasteiger charge is -2.28. The molecule has 2 aromatic rings. The summed E-state index contributed by atoms with van der Waals surface area (Å²) < 4.78 is 0. The standard InChI is InChI=1S/C21H25N5O3/c1-13(2)18(25-17(27)12-22)21(29)26(16-9-4-3-5-10-16)20(28)15-8-6-7-14(11-15)19(23)24/h3-11,13,18H,12,22H2,1-2H3,(H3,23,24)(H,25,27)/t18-/m0/s1. The molecule has 0 saturated heterocycles. The van der Waals surface area contributed by atoms with Gasteiger partial charge < -0.3 is 16.8 Å². The highest BCUT2D eigenvalue weighted by Gasteiger charge is 2.33. The van der Waals surface area contributed by atoms with E-state index >= 15 is 0 Å². The Hall–Kier alpha value is -3.52. The molecule has 0 aliphatic rings. The lowest BCUT2D eigenvalue weighted by Crippen LogP contribution is -2.54. The molecule has 0 radical (unpaired) electrons. The lowest BCUT2D eigenvalue weighted by atomic mass is 10.0. The maximum absolute atomic E-state index is 13.4. The number of hydrogen-bond acceptors (Lipinski definition) is 5. The number of amidine groups is 1. The summed E-state index contributed by atoms with van der Waals surface area (Å²) in [5.74, 6) is -2.12. The number of hydrogen-bond donors (Lipinski definition) is 4. The highest BCUT2D eigenvalue weighted by atomic mass is 16.2. The molecule has 0 bridgehead atoms. The van der Waals surface area contributed by atoms with Crippen molar-refractivity contribution in [3.63, 3.8) is 0 Å². The third kappa shape index (κ3) is 5.26. The van der Waals surface area contributed by atoms with E-state index < -0.39 is 23.8 Å². The van der Waals surface area contributed by atoms with E-state index in [0.717, 1.165) is 4.90 Å². The minimum atomic E-state index is -0.939. The number of nitrogens with zero attached hydrogens (tertiary/aromatic N) is 1. The van der Waals surface area contributed by atoms with Gasteiger partial charge in [0.25, 0.3) is 11.8 Å². The van der Waals surface area contributed by atoms with E-state index in [0.29, 0.717) is 11.3 Å². The predicted molar refractivity (Wildman–Crippen MR) is 112 cm³/mol. The van der Waals surface area contributed by atoms with Gasteiger partial charge in [-0.2, -0.15) is 0 Å². The highest BCUT2D eigenvalue weighted by molar-refractivity contribution is 6.23. The van der Waals surface area contributed by atoms with Crippen LogP contribution in [-0.2, 0) is 9.59 Å². The minimum absolute atomic E-state index is 0.187. The summed E-state index contributed by atoms with van der Waals surface area (Å²) in [6.45, 7) is 3.27. The first-order chi connectivity index (χ1) is 13.8. The Morgan fingerprint density at radius 1 is 1.03 bits per heavy atom. The van der Waals surface area contributed by atoms with Gasteiger partial charge in [-0.05, 0) is 30.2 Å². The van der Waals surface area contributed by atoms with Crippen molar-refractivity contribution in [2.24, 2.45) is 17.4 Å². The van der Waals surface area contributed by atoms with Gasteiger partial charge in [0.1, 0.15) is 11.9 Å². The molecule has 0 saturated carbocycles. The number of anilines is 1. The molecule has 1 atom stereocenters. The summed E-state index contributed by atoms with van der Waals surface area (Å²) in [7, 11) is 0. The van der Waals surface area contributed by atoms with Crippen LogP contribution < -0.4 is 21.7 Å². The van der Waals surface area contributed by atoms with Gasteiger partial charge in [0.15, 0.2) is 0 Å². The van der Waals surface area contributed by atoms with Gasteiger partial charge >= 0.3 is 0 Å². The van der Waals surface area contributed by atoms with Gasteiger partial charge in [-0.3, -0.25) is 19.8 Å². The van der Waals surface area contributed by atoms with Crippen molar-refractivity contribution in [1.29, 1.82) is 5.41 Å². The van der Waals surface area contributed by atoms with Gasteiger partial charge in [0, 0.05) is 11.1 Å². The first-order valence-corrected chi connectivity index (χ1v) is 9.13. The maximum atomic E-state index is 13.4. The zero-order chi connectivity index (χ0) is 21.6. The number of para-hydroxylation sites is 1. The van der Waals surface area contributed by atoms with Gasteiger partial charge in [0.2, 0.25) is 5.91 Å². The van der Waals surface area contributed by atoms with Crippen molar-refractivity contribution in [3.8, 4) is 0 Å². The Labute approximate surface area is 169 Å². The number of nitrogen functional groups attached to an aromatic ring is 1. The molecule has 0 unspecified atom stereocenters. The Balaban J connectivity index is 2.51. The summed E-state index contributed by atoms with van der Waals surface area (Å²) in [5.41, 5.74) is 11.8. The number of imide groups is 1. The number of nitrogens with one attached hydrogen (secondary N) is 2. The third-order valence-electron chi connectivity index (χ3n) is 4.29. The molecule has 0 spiro atoms. The van der Waals surface area contributed by atoms with Crippen LogP contribution in [0.3, 0.4) is 0 Å². The van der Waals surface area contributed by atoms with E-state index in [9.17, 15) is 14.4 Å². The molecular formula is C21H25N5O3. The van der Waals surface area contributed by atoms with Gasteiger partial charge in [-0.1, -0.05) is 44.2 Å². The lowest BCUT2D eigenvalue weighted by molar-refractivity contribution is -0.127. The van der Waals surface area contributed by atoms with Crippen molar-refractivity contribution in [1.82, 2.24) is 5.32 Å². The van der Waals surface area contributed by atoms with Crippen molar-refractivity contribution in [2.45, 2.75) is 19.9 Å². The number of nitrogens with two attached hydrogens (primary N) is 2. The van der Waals surface area contributed by atoms with E-state index in [-0.39, 0.29) is 23.9 Å².